The van der Waals surface area contributed by atoms with Crippen molar-refractivity contribution in [2.45, 2.75) is 31.7 Å². The molecular weight excluding hydrogens is 280 g/mol. The van der Waals surface area contributed by atoms with Gasteiger partial charge in [-0.2, -0.15) is 0 Å². The SMILES string of the molecule is NC(=NC[C@H]([C@H]1CCOC1)N1CCOCC1)NCC1CCC1. The Hall–Kier alpha value is -0.850. The Balaban J connectivity index is 1.51. The van der Waals surface area contributed by atoms with Crippen LogP contribution < -0.4 is 11.1 Å². The molecule has 0 spiro atoms. The summed E-state index contributed by atoms with van der Waals surface area (Å²) in [5, 5.41) is 3.29. The molecule has 0 aromatic carbocycles. The molecule has 1 aliphatic carbocycles. The molecule has 0 radical (unpaired) electrons. The lowest BCUT2D eigenvalue weighted by atomic mass is 9.85. The summed E-state index contributed by atoms with van der Waals surface area (Å²) >= 11 is 0. The molecule has 22 heavy (non-hydrogen) atoms. The second kappa shape index (κ2) is 8.13. The van der Waals surface area contributed by atoms with E-state index in [1.54, 1.807) is 0 Å². The van der Waals surface area contributed by atoms with Crippen molar-refractivity contribution < 1.29 is 9.47 Å². The van der Waals surface area contributed by atoms with Crippen LogP contribution in [0.15, 0.2) is 4.99 Å². The molecule has 3 N–H and O–H groups in total. The van der Waals surface area contributed by atoms with Crippen LogP contribution in [0.3, 0.4) is 0 Å². The van der Waals surface area contributed by atoms with Gasteiger partial charge in [-0.3, -0.25) is 9.89 Å². The van der Waals surface area contributed by atoms with Crippen molar-refractivity contribution >= 4 is 5.96 Å². The number of nitrogens with one attached hydrogen (secondary N) is 1. The highest BCUT2D eigenvalue weighted by atomic mass is 16.5. The van der Waals surface area contributed by atoms with Crippen molar-refractivity contribution in [1.82, 2.24) is 10.2 Å². The second-order valence-electron chi connectivity index (χ2n) is 6.74. The summed E-state index contributed by atoms with van der Waals surface area (Å²) < 4.78 is 11.1. The summed E-state index contributed by atoms with van der Waals surface area (Å²) in [6.45, 7) is 7.10. The summed E-state index contributed by atoms with van der Waals surface area (Å²) in [4.78, 5) is 7.13. The minimum Gasteiger partial charge on any atom is -0.381 e. The number of nitrogens with zero attached hydrogens (tertiary/aromatic N) is 2. The standard InChI is InChI=1S/C16H30N4O2/c17-16(18-10-13-2-1-3-13)19-11-15(14-4-7-22-12-14)20-5-8-21-9-6-20/h13-15H,1-12H2,(H3,17,18,19)/t14-,15+/m0/s1. The van der Waals surface area contributed by atoms with Crippen LogP contribution in [0.4, 0.5) is 0 Å². The number of guanidine groups is 1. The fraction of sp³-hybridized carbons (Fsp3) is 0.938. The zero-order valence-electron chi connectivity index (χ0n) is 13.5. The van der Waals surface area contributed by atoms with Crippen molar-refractivity contribution in [1.29, 1.82) is 0 Å². The van der Waals surface area contributed by atoms with E-state index in [0.29, 0.717) is 17.9 Å². The Morgan fingerprint density at radius 2 is 2.00 bits per heavy atom. The van der Waals surface area contributed by atoms with Crippen LogP contribution in [0.1, 0.15) is 25.7 Å². The summed E-state index contributed by atoms with van der Waals surface area (Å²) in [5.41, 5.74) is 6.04. The number of hydrogen-bond donors (Lipinski definition) is 2. The predicted molar refractivity (Wildman–Crippen MR) is 86.9 cm³/mol. The van der Waals surface area contributed by atoms with Crippen LogP contribution >= 0.6 is 0 Å². The fourth-order valence-corrected chi connectivity index (χ4v) is 3.52. The van der Waals surface area contributed by atoms with Gasteiger partial charge in [0.1, 0.15) is 0 Å². The van der Waals surface area contributed by atoms with Gasteiger partial charge in [0.05, 0.1) is 26.4 Å². The van der Waals surface area contributed by atoms with E-state index in [9.17, 15) is 0 Å². The van der Waals surface area contributed by atoms with Gasteiger partial charge < -0.3 is 20.5 Å². The van der Waals surface area contributed by atoms with Crippen LogP contribution in [-0.4, -0.2) is 69.5 Å². The third-order valence-electron chi connectivity index (χ3n) is 5.27. The average Bonchev–Trinajstić information content (AvgIpc) is 3.01. The van der Waals surface area contributed by atoms with E-state index in [4.69, 9.17) is 15.2 Å². The largest absolute Gasteiger partial charge is 0.381 e. The highest BCUT2D eigenvalue weighted by Crippen LogP contribution is 2.25. The van der Waals surface area contributed by atoms with Gasteiger partial charge in [-0.25, -0.2) is 0 Å². The first-order valence-electron chi connectivity index (χ1n) is 8.76. The van der Waals surface area contributed by atoms with Crippen LogP contribution in [-0.2, 0) is 9.47 Å². The maximum atomic E-state index is 6.04. The van der Waals surface area contributed by atoms with E-state index in [1.165, 1.54) is 19.3 Å². The van der Waals surface area contributed by atoms with Gasteiger partial charge in [-0.05, 0) is 25.2 Å². The number of hydrogen-bond acceptors (Lipinski definition) is 4. The van der Waals surface area contributed by atoms with Crippen molar-refractivity contribution in [3.63, 3.8) is 0 Å². The molecule has 6 nitrogen and oxygen atoms in total. The molecule has 0 aromatic rings. The molecule has 2 heterocycles. The highest BCUT2D eigenvalue weighted by molar-refractivity contribution is 5.77. The maximum absolute atomic E-state index is 6.04. The number of rotatable bonds is 6. The van der Waals surface area contributed by atoms with Gasteiger partial charge in [-0.15, -0.1) is 0 Å². The van der Waals surface area contributed by atoms with Crippen LogP contribution in [0, 0.1) is 11.8 Å². The van der Waals surface area contributed by atoms with E-state index >= 15 is 0 Å². The summed E-state index contributed by atoms with van der Waals surface area (Å²) in [6.07, 6.45) is 5.16. The Morgan fingerprint density at radius 3 is 2.64 bits per heavy atom. The van der Waals surface area contributed by atoms with Crippen molar-refractivity contribution in [3.05, 3.63) is 0 Å². The summed E-state index contributed by atoms with van der Waals surface area (Å²) in [6, 6.07) is 0.426. The molecule has 0 aromatic heterocycles. The molecule has 0 amide bonds. The summed E-state index contributed by atoms with van der Waals surface area (Å²) in [5.74, 6) is 1.97. The Labute approximate surface area is 133 Å². The number of ether oxygens (including phenoxy) is 2. The van der Waals surface area contributed by atoms with E-state index < -0.39 is 0 Å². The quantitative estimate of drug-likeness (QED) is 0.550. The maximum Gasteiger partial charge on any atom is 0.188 e. The van der Waals surface area contributed by atoms with Gasteiger partial charge in [0, 0.05) is 38.2 Å². The minimum atomic E-state index is 0.426. The van der Waals surface area contributed by atoms with Crippen LogP contribution in [0.25, 0.3) is 0 Å². The first kappa shape index (κ1) is 16.0. The molecule has 126 valence electrons. The van der Waals surface area contributed by atoms with Gasteiger partial charge in [0.2, 0.25) is 0 Å². The first-order chi connectivity index (χ1) is 10.8. The van der Waals surface area contributed by atoms with E-state index in [2.05, 4.69) is 15.2 Å². The third-order valence-corrected chi connectivity index (χ3v) is 5.27. The molecule has 2 aliphatic heterocycles. The van der Waals surface area contributed by atoms with Gasteiger partial charge >= 0.3 is 0 Å². The van der Waals surface area contributed by atoms with Crippen LogP contribution in [0.2, 0.25) is 0 Å². The zero-order chi connectivity index (χ0) is 15.2. The van der Waals surface area contributed by atoms with Gasteiger partial charge in [0.25, 0.3) is 0 Å². The minimum absolute atomic E-state index is 0.426. The molecule has 0 unspecified atom stereocenters. The molecule has 2 saturated heterocycles. The lowest BCUT2D eigenvalue weighted by Gasteiger charge is -2.36. The highest BCUT2D eigenvalue weighted by Gasteiger charge is 2.31. The second-order valence-corrected chi connectivity index (χ2v) is 6.74. The molecular formula is C16H30N4O2. The molecule has 6 heteroatoms. The van der Waals surface area contributed by atoms with E-state index in [-0.39, 0.29) is 0 Å². The molecule has 3 rings (SSSR count). The first-order valence-corrected chi connectivity index (χ1v) is 8.76. The van der Waals surface area contributed by atoms with E-state index in [0.717, 1.165) is 64.9 Å². The lowest BCUT2D eigenvalue weighted by Crippen LogP contribution is -2.49. The molecule has 3 fully saturated rings. The Morgan fingerprint density at radius 1 is 1.18 bits per heavy atom. The summed E-state index contributed by atoms with van der Waals surface area (Å²) in [7, 11) is 0. The van der Waals surface area contributed by atoms with Crippen LogP contribution in [0.5, 0.6) is 0 Å². The molecule has 3 aliphatic rings. The molecule has 0 bridgehead atoms. The normalized spacial score (nSPS) is 29.3. The van der Waals surface area contributed by atoms with Crippen molar-refractivity contribution in [2.75, 3.05) is 52.6 Å². The zero-order valence-corrected chi connectivity index (χ0v) is 13.5. The number of nitrogens with two attached hydrogens (primary N) is 1. The number of morpholine rings is 1. The van der Waals surface area contributed by atoms with Crippen molar-refractivity contribution in [3.8, 4) is 0 Å². The Bertz CT molecular complexity index is 361. The number of aliphatic imine (C=N–C) groups is 1. The monoisotopic (exact) mass is 310 g/mol. The Kier molecular flexibility index (Phi) is 5.92. The van der Waals surface area contributed by atoms with Gasteiger partial charge in [0.15, 0.2) is 5.96 Å². The average molecular weight is 310 g/mol. The predicted octanol–water partition coefficient (Wildman–Crippen LogP) is 0.428. The smallest absolute Gasteiger partial charge is 0.188 e. The van der Waals surface area contributed by atoms with E-state index in [1.807, 2.05) is 0 Å². The molecule has 1 saturated carbocycles. The topological polar surface area (TPSA) is 72.1 Å². The fourth-order valence-electron chi connectivity index (χ4n) is 3.52. The molecule has 2 atom stereocenters. The lowest BCUT2D eigenvalue weighted by molar-refractivity contribution is 0.00369. The van der Waals surface area contributed by atoms with Gasteiger partial charge in [-0.1, -0.05) is 6.42 Å². The third kappa shape index (κ3) is 4.33. The van der Waals surface area contributed by atoms with Crippen molar-refractivity contribution in [2.24, 2.45) is 22.6 Å².